The van der Waals surface area contributed by atoms with Crippen LogP contribution in [-0.4, -0.2) is 21.0 Å². The van der Waals surface area contributed by atoms with Gasteiger partial charge in [-0.05, 0) is 23.6 Å². The minimum absolute atomic E-state index is 0.602. The standard InChI is InChI=1S/C18H16N2O2/c1-13-7-5-6-10-15(13)16-12-20(18(21)22)19-17(16)11-14-8-3-2-4-9-14/h2-10,12H,11H2,1H3,(H,21,22). The van der Waals surface area contributed by atoms with Gasteiger partial charge in [0, 0.05) is 18.2 Å². The normalized spacial score (nSPS) is 10.6. The molecule has 0 aliphatic heterocycles. The van der Waals surface area contributed by atoms with Crippen molar-refractivity contribution in [3.05, 3.63) is 77.6 Å². The molecule has 0 atom stereocenters. The molecule has 0 bridgehead atoms. The molecule has 0 aliphatic carbocycles. The fourth-order valence-electron chi connectivity index (χ4n) is 2.53. The minimum Gasteiger partial charge on any atom is -0.463 e. The van der Waals surface area contributed by atoms with E-state index in [9.17, 15) is 9.90 Å². The molecule has 110 valence electrons. The van der Waals surface area contributed by atoms with E-state index in [1.54, 1.807) is 6.20 Å². The van der Waals surface area contributed by atoms with Gasteiger partial charge < -0.3 is 5.11 Å². The van der Waals surface area contributed by atoms with Crippen molar-refractivity contribution in [1.82, 2.24) is 9.78 Å². The van der Waals surface area contributed by atoms with Crippen LogP contribution in [0.25, 0.3) is 11.1 Å². The predicted octanol–water partition coefficient (Wildman–Crippen LogP) is 3.98. The Morgan fingerprint density at radius 1 is 1.05 bits per heavy atom. The molecule has 0 amide bonds. The van der Waals surface area contributed by atoms with Crippen LogP contribution in [0.1, 0.15) is 16.8 Å². The van der Waals surface area contributed by atoms with E-state index in [1.807, 2.05) is 61.5 Å². The van der Waals surface area contributed by atoms with Gasteiger partial charge in [0.05, 0.1) is 5.69 Å². The Kier molecular flexibility index (Phi) is 3.74. The van der Waals surface area contributed by atoms with Gasteiger partial charge in [0.2, 0.25) is 0 Å². The summed E-state index contributed by atoms with van der Waals surface area (Å²) < 4.78 is 0.986. The van der Waals surface area contributed by atoms with Gasteiger partial charge >= 0.3 is 6.09 Å². The van der Waals surface area contributed by atoms with E-state index in [0.717, 1.165) is 32.6 Å². The number of hydrogen-bond donors (Lipinski definition) is 1. The Balaban J connectivity index is 2.09. The molecular weight excluding hydrogens is 276 g/mol. The van der Waals surface area contributed by atoms with Crippen LogP contribution in [-0.2, 0) is 6.42 Å². The van der Waals surface area contributed by atoms with Crippen molar-refractivity contribution in [2.45, 2.75) is 13.3 Å². The number of hydrogen-bond acceptors (Lipinski definition) is 2. The maximum atomic E-state index is 11.2. The monoisotopic (exact) mass is 292 g/mol. The zero-order valence-electron chi connectivity index (χ0n) is 12.2. The molecule has 3 aromatic rings. The number of carbonyl (C=O) groups is 1. The molecule has 0 spiro atoms. The molecule has 0 radical (unpaired) electrons. The third kappa shape index (κ3) is 2.76. The summed E-state index contributed by atoms with van der Waals surface area (Å²) in [5.41, 5.74) is 4.85. The van der Waals surface area contributed by atoms with Crippen molar-refractivity contribution in [2.24, 2.45) is 0 Å². The molecule has 0 unspecified atom stereocenters. The van der Waals surface area contributed by atoms with Crippen LogP contribution >= 0.6 is 0 Å². The van der Waals surface area contributed by atoms with Gasteiger partial charge in [-0.25, -0.2) is 4.79 Å². The van der Waals surface area contributed by atoms with Crippen LogP contribution in [0, 0.1) is 6.92 Å². The summed E-state index contributed by atoms with van der Waals surface area (Å²) >= 11 is 0. The lowest BCUT2D eigenvalue weighted by Crippen LogP contribution is -2.08. The maximum absolute atomic E-state index is 11.2. The summed E-state index contributed by atoms with van der Waals surface area (Å²) in [7, 11) is 0. The van der Waals surface area contributed by atoms with Gasteiger partial charge in [-0.15, -0.1) is 0 Å². The van der Waals surface area contributed by atoms with E-state index in [4.69, 9.17) is 0 Å². The summed E-state index contributed by atoms with van der Waals surface area (Å²) in [4.78, 5) is 11.2. The third-order valence-corrected chi connectivity index (χ3v) is 3.64. The van der Waals surface area contributed by atoms with Gasteiger partial charge in [0.1, 0.15) is 0 Å². The SMILES string of the molecule is Cc1ccccc1-c1cn(C(=O)O)nc1Cc1ccccc1. The molecule has 22 heavy (non-hydrogen) atoms. The van der Waals surface area contributed by atoms with Crippen LogP contribution in [0.2, 0.25) is 0 Å². The second-order valence-corrected chi connectivity index (χ2v) is 5.19. The van der Waals surface area contributed by atoms with Crippen LogP contribution in [0.4, 0.5) is 4.79 Å². The first-order valence-electron chi connectivity index (χ1n) is 7.07. The Hall–Kier alpha value is -2.88. The topological polar surface area (TPSA) is 55.1 Å². The fourth-order valence-corrected chi connectivity index (χ4v) is 2.53. The van der Waals surface area contributed by atoms with Crippen LogP contribution in [0.5, 0.6) is 0 Å². The van der Waals surface area contributed by atoms with Crippen molar-refractivity contribution < 1.29 is 9.90 Å². The highest BCUT2D eigenvalue weighted by atomic mass is 16.4. The lowest BCUT2D eigenvalue weighted by molar-refractivity contribution is 0.192. The van der Waals surface area contributed by atoms with Gasteiger partial charge in [0.15, 0.2) is 0 Å². The predicted molar refractivity (Wildman–Crippen MR) is 85.1 cm³/mol. The zero-order valence-corrected chi connectivity index (χ0v) is 12.2. The number of carboxylic acid groups (broad SMARTS) is 1. The van der Waals surface area contributed by atoms with E-state index in [1.165, 1.54) is 0 Å². The van der Waals surface area contributed by atoms with Gasteiger partial charge in [-0.1, -0.05) is 54.6 Å². The van der Waals surface area contributed by atoms with Crippen molar-refractivity contribution in [2.75, 3.05) is 0 Å². The first-order valence-corrected chi connectivity index (χ1v) is 7.07. The van der Waals surface area contributed by atoms with Crippen LogP contribution < -0.4 is 0 Å². The lowest BCUT2D eigenvalue weighted by atomic mass is 9.98. The molecule has 1 N–H and O–H groups in total. The largest absolute Gasteiger partial charge is 0.463 e. The van der Waals surface area contributed by atoms with E-state index in [2.05, 4.69) is 5.10 Å². The number of aromatic nitrogens is 2. The smallest absolute Gasteiger partial charge is 0.432 e. The Morgan fingerprint density at radius 2 is 1.73 bits per heavy atom. The zero-order chi connectivity index (χ0) is 15.5. The fraction of sp³-hybridized carbons (Fsp3) is 0.111. The van der Waals surface area contributed by atoms with E-state index >= 15 is 0 Å². The van der Waals surface area contributed by atoms with Crippen molar-refractivity contribution in [3.8, 4) is 11.1 Å². The maximum Gasteiger partial charge on any atom is 0.432 e. The molecule has 2 aromatic carbocycles. The quantitative estimate of drug-likeness (QED) is 0.794. The van der Waals surface area contributed by atoms with E-state index < -0.39 is 6.09 Å². The first-order chi connectivity index (χ1) is 10.6. The van der Waals surface area contributed by atoms with Gasteiger partial charge in [0.25, 0.3) is 0 Å². The lowest BCUT2D eigenvalue weighted by Gasteiger charge is -2.06. The van der Waals surface area contributed by atoms with Crippen LogP contribution in [0.15, 0.2) is 60.8 Å². The Labute approximate surface area is 128 Å². The summed E-state index contributed by atoms with van der Waals surface area (Å²) in [5, 5.41) is 13.4. The number of nitrogens with zero attached hydrogens (tertiary/aromatic N) is 2. The van der Waals surface area contributed by atoms with E-state index in [-0.39, 0.29) is 0 Å². The van der Waals surface area contributed by atoms with Crippen molar-refractivity contribution in [3.63, 3.8) is 0 Å². The Morgan fingerprint density at radius 3 is 2.41 bits per heavy atom. The summed E-state index contributed by atoms with van der Waals surface area (Å²) in [6.45, 7) is 2.01. The average Bonchev–Trinajstić information content (AvgIpc) is 2.93. The summed E-state index contributed by atoms with van der Waals surface area (Å²) in [5.74, 6) is 0. The number of rotatable bonds is 3. The molecule has 3 rings (SSSR count). The number of benzene rings is 2. The van der Waals surface area contributed by atoms with Crippen molar-refractivity contribution >= 4 is 6.09 Å². The highest BCUT2D eigenvalue weighted by Crippen LogP contribution is 2.27. The molecule has 0 saturated heterocycles. The van der Waals surface area contributed by atoms with E-state index in [0.29, 0.717) is 6.42 Å². The molecule has 1 aromatic heterocycles. The first kappa shape index (κ1) is 14.1. The summed E-state index contributed by atoms with van der Waals surface area (Å²) in [6, 6.07) is 17.9. The Bertz CT molecular complexity index is 807. The summed E-state index contributed by atoms with van der Waals surface area (Å²) in [6.07, 6.45) is 1.11. The molecule has 0 fully saturated rings. The van der Waals surface area contributed by atoms with Crippen LogP contribution in [0.3, 0.4) is 0 Å². The van der Waals surface area contributed by atoms with Gasteiger partial charge in [-0.2, -0.15) is 9.78 Å². The second kappa shape index (κ2) is 5.85. The molecular formula is C18H16N2O2. The highest BCUT2D eigenvalue weighted by molar-refractivity contribution is 5.74. The molecule has 4 heteroatoms. The molecule has 0 saturated carbocycles. The van der Waals surface area contributed by atoms with Gasteiger partial charge in [-0.3, -0.25) is 0 Å². The highest BCUT2D eigenvalue weighted by Gasteiger charge is 2.15. The van der Waals surface area contributed by atoms with Crippen molar-refractivity contribution in [1.29, 1.82) is 0 Å². The third-order valence-electron chi connectivity index (χ3n) is 3.64. The molecule has 0 aliphatic rings. The second-order valence-electron chi connectivity index (χ2n) is 5.19. The minimum atomic E-state index is -1.07. The number of aryl methyl sites for hydroxylation is 1. The molecule has 4 nitrogen and oxygen atoms in total. The molecule has 1 heterocycles. The average molecular weight is 292 g/mol.